The molecule has 168 valence electrons. The summed E-state index contributed by atoms with van der Waals surface area (Å²) in [5, 5.41) is 3.74. The Hall–Kier alpha value is -4.89. The van der Waals surface area contributed by atoms with Crippen LogP contribution in [0.25, 0.3) is 66.2 Å². The molecule has 8 aromatic rings. The van der Waals surface area contributed by atoms with Crippen molar-refractivity contribution < 1.29 is 0 Å². The highest BCUT2D eigenvalue weighted by Gasteiger charge is 2.13. The smallest absolute Gasteiger partial charge is 0.138 e. The molecule has 0 radical (unpaired) electrons. The van der Waals surface area contributed by atoms with Gasteiger partial charge in [0, 0.05) is 16.5 Å². The predicted molar refractivity (Wildman–Crippen MR) is 150 cm³/mol. The van der Waals surface area contributed by atoms with E-state index < -0.39 is 0 Å². The summed E-state index contributed by atoms with van der Waals surface area (Å²) in [6.45, 7) is 0. The van der Waals surface area contributed by atoms with Gasteiger partial charge in [-0.25, -0.2) is 4.98 Å². The SMILES string of the molecule is c1ccc(-n2c3ccccc3c3cc(-c4ccc5c(ccc6nc7ccccc7n65)c4)ccc32)cc1. The first kappa shape index (κ1) is 19.4. The van der Waals surface area contributed by atoms with Crippen molar-refractivity contribution in [3.63, 3.8) is 0 Å². The van der Waals surface area contributed by atoms with E-state index in [-0.39, 0.29) is 0 Å². The molecule has 3 heteroatoms. The zero-order chi connectivity index (χ0) is 23.6. The largest absolute Gasteiger partial charge is 0.309 e. The predicted octanol–water partition coefficient (Wildman–Crippen LogP) is 8.40. The highest BCUT2D eigenvalue weighted by atomic mass is 15.0. The summed E-state index contributed by atoms with van der Waals surface area (Å²) >= 11 is 0. The molecule has 0 aliphatic rings. The minimum atomic E-state index is 0.978. The van der Waals surface area contributed by atoms with Gasteiger partial charge in [-0.2, -0.15) is 0 Å². The summed E-state index contributed by atoms with van der Waals surface area (Å²) < 4.78 is 4.61. The lowest BCUT2D eigenvalue weighted by Gasteiger charge is -2.09. The van der Waals surface area contributed by atoms with E-state index in [4.69, 9.17) is 4.98 Å². The number of pyridine rings is 1. The Labute approximate surface area is 207 Å². The van der Waals surface area contributed by atoms with Crippen molar-refractivity contribution in [1.29, 1.82) is 0 Å². The van der Waals surface area contributed by atoms with E-state index >= 15 is 0 Å². The van der Waals surface area contributed by atoms with Gasteiger partial charge in [0.25, 0.3) is 0 Å². The van der Waals surface area contributed by atoms with Gasteiger partial charge in [-0.15, -0.1) is 0 Å². The average molecular weight is 460 g/mol. The molecule has 0 aliphatic heterocycles. The molecule has 0 spiro atoms. The van der Waals surface area contributed by atoms with Crippen LogP contribution in [0.3, 0.4) is 0 Å². The number of nitrogens with zero attached hydrogens (tertiary/aromatic N) is 3. The summed E-state index contributed by atoms with van der Waals surface area (Å²) in [7, 11) is 0. The van der Waals surface area contributed by atoms with Crippen LogP contribution in [0.1, 0.15) is 0 Å². The molecule has 8 rings (SSSR count). The number of aromatic nitrogens is 3. The van der Waals surface area contributed by atoms with E-state index in [0.29, 0.717) is 0 Å². The first-order chi connectivity index (χ1) is 17.8. The minimum Gasteiger partial charge on any atom is -0.309 e. The highest BCUT2D eigenvalue weighted by molar-refractivity contribution is 6.10. The van der Waals surface area contributed by atoms with Gasteiger partial charge in [-0.3, -0.25) is 4.40 Å². The van der Waals surface area contributed by atoms with Crippen LogP contribution in [0, 0.1) is 0 Å². The monoisotopic (exact) mass is 459 g/mol. The van der Waals surface area contributed by atoms with E-state index in [2.05, 4.69) is 130 Å². The summed E-state index contributed by atoms with van der Waals surface area (Å²) in [5.74, 6) is 0. The molecular weight excluding hydrogens is 438 g/mol. The third kappa shape index (κ3) is 2.71. The molecular formula is C33H21N3. The zero-order valence-corrected chi connectivity index (χ0v) is 19.5. The van der Waals surface area contributed by atoms with Crippen LogP contribution in [0.2, 0.25) is 0 Å². The maximum absolute atomic E-state index is 4.80. The first-order valence-corrected chi connectivity index (χ1v) is 12.2. The molecule has 3 heterocycles. The third-order valence-corrected chi connectivity index (χ3v) is 7.29. The van der Waals surface area contributed by atoms with E-state index in [1.54, 1.807) is 0 Å². The fourth-order valence-corrected chi connectivity index (χ4v) is 5.65. The fraction of sp³-hybridized carbons (Fsp3) is 0. The standard InChI is InChI=1S/C33H21N3/c1-2-8-25(9-3-1)35-30-12-6-4-10-26(30)27-21-23(15-18-31(27)35)22-14-17-29-24(20-22)16-19-33-34-28-11-5-7-13-32(28)36(29)33/h1-21H. The zero-order valence-electron chi connectivity index (χ0n) is 19.5. The van der Waals surface area contributed by atoms with Crippen LogP contribution in [0.15, 0.2) is 127 Å². The van der Waals surface area contributed by atoms with E-state index in [1.807, 2.05) is 6.07 Å². The third-order valence-electron chi connectivity index (χ3n) is 7.29. The number of fused-ring (bicyclic) bond motifs is 8. The van der Waals surface area contributed by atoms with Gasteiger partial charge in [0.15, 0.2) is 0 Å². The molecule has 0 bridgehead atoms. The highest BCUT2D eigenvalue weighted by Crippen LogP contribution is 2.35. The number of rotatable bonds is 2. The first-order valence-electron chi connectivity index (χ1n) is 12.2. The van der Waals surface area contributed by atoms with Crippen molar-refractivity contribution in [3.8, 4) is 16.8 Å². The quantitative estimate of drug-likeness (QED) is 0.254. The van der Waals surface area contributed by atoms with E-state index in [9.17, 15) is 0 Å². The Morgan fingerprint density at radius 3 is 2.06 bits per heavy atom. The number of para-hydroxylation sites is 4. The lowest BCUT2D eigenvalue weighted by molar-refractivity contribution is 1.18. The van der Waals surface area contributed by atoms with Gasteiger partial charge < -0.3 is 4.57 Å². The second-order valence-electron chi connectivity index (χ2n) is 9.32. The Balaban J connectivity index is 1.35. The number of benzene rings is 5. The molecule has 0 fully saturated rings. The van der Waals surface area contributed by atoms with Crippen molar-refractivity contribution in [1.82, 2.24) is 14.0 Å². The van der Waals surface area contributed by atoms with Crippen LogP contribution in [-0.2, 0) is 0 Å². The van der Waals surface area contributed by atoms with Gasteiger partial charge in [0.2, 0.25) is 0 Å². The molecule has 0 aliphatic carbocycles. The Kier molecular flexibility index (Phi) is 3.94. The number of hydrogen-bond acceptors (Lipinski definition) is 1. The van der Waals surface area contributed by atoms with Gasteiger partial charge in [0.05, 0.1) is 27.6 Å². The molecule has 0 unspecified atom stereocenters. The Morgan fingerprint density at radius 2 is 1.17 bits per heavy atom. The second kappa shape index (κ2) is 7.30. The average Bonchev–Trinajstić information content (AvgIpc) is 3.49. The number of hydrogen-bond donors (Lipinski definition) is 0. The second-order valence-corrected chi connectivity index (χ2v) is 9.32. The molecule has 0 N–H and O–H groups in total. The van der Waals surface area contributed by atoms with E-state index in [1.165, 1.54) is 49.5 Å². The normalized spacial score (nSPS) is 11.9. The lowest BCUT2D eigenvalue weighted by atomic mass is 10.0. The minimum absolute atomic E-state index is 0.978. The Bertz CT molecular complexity index is 2100. The van der Waals surface area contributed by atoms with Crippen molar-refractivity contribution in [2.24, 2.45) is 0 Å². The van der Waals surface area contributed by atoms with Crippen LogP contribution in [0.4, 0.5) is 0 Å². The molecule has 0 atom stereocenters. The van der Waals surface area contributed by atoms with Gasteiger partial charge in [0.1, 0.15) is 5.65 Å². The van der Waals surface area contributed by atoms with Gasteiger partial charge in [-0.1, -0.05) is 60.7 Å². The lowest BCUT2D eigenvalue weighted by Crippen LogP contribution is -1.92. The van der Waals surface area contributed by atoms with Crippen molar-refractivity contribution >= 4 is 49.4 Å². The van der Waals surface area contributed by atoms with Crippen LogP contribution >= 0.6 is 0 Å². The topological polar surface area (TPSA) is 22.2 Å². The summed E-state index contributed by atoms with van der Waals surface area (Å²) in [6, 6.07) is 45.5. The molecule has 0 amide bonds. The van der Waals surface area contributed by atoms with Crippen molar-refractivity contribution in [2.45, 2.75) is 0 Å². The van der Waals surface area contributed by atoms with E-state index in [0.717, 1.165) is 16.7 Å². The molecule has 3 aromatic heterocycles. The maximum atomic E-state index is 4.80. The molecule has 0 saturated carbocycles. The Morgan fingerprint density at radius 1 is 0.472 bits per heavy atom. The maximum Gasteiger partial charge on any atom is 0.138 e. The van der Waals surface area contributed by atoms with Crippen molar-refractivity contribution in [3.05, 3.63) is 127 Å². The number of imidazole rings is 1. The van der Waals surface area contributed by atoms with Gasteiger partial charge in [-0.05, 0) is 83.2 Å². The summed E-state index contributed by atoms with van der Waals surface area (Å²) in [5.41, 5.74) is 10.4. The molecule has 0 saturated heterocycles. The van der Waals surface area contributed by atoms with Crippen LogP contribution in [-0.4, -0.2) is 14.0 Å². The van der Waals surface area contributed by atoms with Gasteiger partial charge >= 0.3 is 0 Å². The van der Waals surface area contributed by atoms with Crippen LogP contribution in [0.5, 0.6) is 0 Å². The van der Waals surface area contributed by atoms with Crippen LogP contribution < -0.4 is 0 Å². The molecule has 3 nitrogen and oxygen atoms in total. The fourth-order valence-electron chi connectivity index (χ4n) is 5.65. The molecule has 36 heavy (non-hydrogen) atoms. The summed E-state index contributed by atoms with van der Waals surface area (Å²) in [4.78, 5) is 4.80. The molecule has 5 aromatic carbocycles. The summed E-state index contributed by atoms with van der Waals surface area (Å²) in [6.07, 6.45) is 0. The van der Waals surface area contributed by atoms with Crippen molar-refractivity contribution in [2.75, 3.05) is 0 Å².